The summed E-state index contributed by atoms with van der Waals surface area (Å²) in [5.74, 6) is -1.22. The Morgan fingerprint density at radius 2 is 2.06 bits per heavy atom. The Kier molecular flexibility index (Phi) is 3.19. The first-order valence-corrected chi connectivity index (χ1v) is 5.92. The summed E-state index contributed by atoms with van der Waals surface area (Å²) in [6.07, 6.45) is 3.50. The van der Waals surface area contributed by atoms with Crippen molar-refractivity contribution in [2.75, 3.05) is 7.11 Å². The van der Waals surface area contributed by atoms with E-state index in [1.807, 2.05) is 0 Å². The van der Waals surface area contributed by atoms with Gasteiger partial charge in [-0.3, -0.25) is 0 Å². The maximum Gasteiger partial charge on any atom is 0.198 e. The molecule has 1 aliphatic rings. The highest BCUT2D eigenvalue weighted by atomic mass is 35.5. The van der Waals surface area contributed by atoms with Crippen LogP contribution in [0.25, 0.3) is 0 Å². The average molecular weight is 260 g/mol. The zero-order valence-corrected chi connectivity index (χ0v) is 10.4. The molecule has 1 aromatic carbocycles. The number of hydrogen-bond donors (Lipinski definition) is 2. The van der Waals surface area contributed by atoms with Crippen molar-refractivity contribution in [1.82, 2.24) is 0 Å². The number of ether oxygens (including phenoxy) is 1. The van der Waals surface area contributed by atoms with E-state index in [-0.39, 0.29) is 16.5 Å². The number of phenols is 1. The van der Waals surface area contributed by atoms with Gasteiger partial charge in [-0.15, -0.1) is 0 Å². The van der Waals surface area contributed by atoms with Crippen molar-refractivity contribution in [2.45, 2.75) is 31.2 Å². The highest BCUT2D eigenvalue weighted by Gasteiger charge is 2.36. The van der Waals surface area contributed by atoms with Crippen LogP contribution >= 0.6 is 11.6 Å². The molecule has 1 saturated carbocycles. The van der Waals surface area contributed by atoms with Gasteiger partial charge in [0.1, 0.15) is 0 Å². The monoisotopic (exact) mass is 259 g/mol. The maximum atomic E-state index is 13.6. The minimum Gasteiger partial charge on any atom is -0.504 e. The van der Waals surface area contributed by atoms with Gasteiger partial charge in [0.25, 0.3) is 0 Å². The second-order valence-corrected chi connectivity index (χ2v) is 4.87. The van der Waals surface area contributed by atoms with Crippen LogP contribution in [0.4, 0.5) is 4.39 Å². The number of phenolic OH excluding ortho intramolecular Hbond substituents is 1. The van der Waals surface area contributed by atoms with E-state index >= 15 is 0 Å². The Morgan fingerprint density at radius 3 is 2.59 bits per heavy atom. The van der Waals surface area contributed by atoms with Crippen LogP contribution in [0.3, 0.4) is 0 Å². The Balaban J connectivity index is 2.58. The van der Waals surface area contributed by atoms with Gasteiger partial charge in [0.2, 0.25) is 0 Å². The fourth-order valence-electron chi connectivity index (χ4n) is 2.43. The molecule has 5 heteroatoms. The molecule has 0 radical (unpaired) electrons. The largest absolute Gasteiger partial charge is 0.504 e. The Labute approximate surface area is 104 Å². The lowest BCUT2D eigenvalue weighted by Gasteiger charge is -2.26. The zero-order chi connectivity index (χ0) is 12.6. The summed E-state index contributed by atoms with van der Waals surface area (Å²) in [4.78, 5) is 0. The molecule has 1 fully saturated rings. The van der Waals surface area contributed by atoms with Gasteiger partial charge >= 0.3 is 0 Å². The van der Waals surface area contributed by atoms with Gasteiger partial charge in [-0.1, -0.05) is 24.4 Å². The predicted molar refractivity (Wildman–Crippen MR) is 64.0 cm³/mol. The lowest BCUT2D eigenvalue weighted by atomic mass is 9.88. The number of halogens is 2. The van der Waals surface area contributed by atoms with E-state index in [2.05, 4.69) is 0 Å². The number of aromatic hydroxyl groups is 1. The summed E-state index contributed by atoms with van der Waals surface area (Å²) in [5, 5.41) is 9.94. The second kappa shape index (κ2) is 4.35. The fourth-order valence-corrected chi connectivity index (χ4v) is 2.63. The number of nitrogens with two attached hydrogens (primary N) is 1. The van der Waals surface area contributed by atoms with E-state index in [9.17, 15) is 9.50 Å². The van der Waals surface area contributed by atoms with Gasteiger partial charge in [-0.25, -0.2) is 4.39 Å². The zero-order valence-electron chi connectivity index (χ0n) is 9.59. The molecule has 0 aliphatic heterocycles. The number of hydrogen-bond acceptors (Lipinski definition) is 3. The molecule has 1 aromatic rings. The molecule has 94 valence electrons. The van der Waals surface area contributed by atoms with Crippen LogP contribution in [-0.4, -0.2) is 12.2 Å². The molecule has 1 aliphatic carbocycles. The van der Waals surface area contributed by atoms with E-state index in [4.69, 9.17) is 22.1 Å². The first-order valence-electron chi connectivity index (χ1n) is 5.54. The quantitative estimate of drug-likeness (QED) is 0.859. The Hall–Kier alpha value is -1.00. The summed E-state index contributed by atoms with van der Waals surface area (Å²) in [6.45, 7) is 0. The normalized spacial score (nSPS) is 18.4. The van der Waals surface area contributed by atoms with Crippen molar-refractivity contribution in [3.63, 3.8) is 0 Å². The molecule has 0 atom stereocenters. The van der Waals surface area contributed by atoms with E-state index in [1.54, 1.807) is 0 Å². The fraction of sp³-hybridized carbons (Fsp3) is 0.500. The second-order valence-electron chi connectivity index (χ2n) is 4.47. The highest BCUT2D eigenvalue weighted by molar-refractivity contribution is 6.31. The standard InChI is InChI=1S/C12H15ClFNO2/c1-17-11-9(14)8(13)6-7(10(11)16)12(15)4-2-3-5-12/h6,16H,2-5,15H2,1H3. The maximum absolute atomic E-state index is 13.6. The molecule has 0 aromatic heterocycles. The van der Waals surface area contributed by atoms with Crippen molar-refractivity contribution in [3.8, 4) is 11.5 Å². The van der Waals surface area contributed by atoms with Crippen LogP contribution in [0.5, 0.6) is 11.5 Å². The van der Waals surface area contributed by atoms with Gasteiger partial charge in [0.15, 0.2) is 17.3 Å². The average Bonchev–Trinajstić information content (AvgIpc) is 2.72. The highest BCUT2D eigenvalue weighted by Crippen LogP contribution is 2.46. The summed E-state index contributed by atoms with van der Waals surface area (Å²) < 4.78 is 18.4. The topological polar surface area (TPSA) is 55.5 Å². The van der Waals surface area contributed by atoms with Crippen LogP contribution in [0.2, 0.25) is 5.02 Å². The third-order valence-corrected chi connectivity index (χ3v) is 3.66. The van der Waals surface area contributed by atoms with Crippen molar-refractivity contribution in [1.29, 1.82) is 0 Å². The van der Waals surface area contributed by atoms with E-state index < -0.39 is 11.4 Å². The Morgan fingerprint density at radius 1 is 1.47 bits per heavy atom. The molecule has 0 unspecified atom stereocenters. The van der Waals surface area contributed by atoms with Crippen molar-refractivity contribution in [3.05, 3.63) is 22.5 Å². The third-order valence-electron chi connectivity index (χ3n) is 3.39. The number of methoxy groups -OCH3 is 1. The van der Waals surface area contributed by atoms with Gasteiger partial charge < -0.3 is 15.6 Å². The SMILES string of the molecule is COc1c(O)c(C2(N)CCCC2)cc(Cl)c1F. The molecule has 0 spiro atoms. The van der Waals surface area contributed by atoms with Crippen LogP contribution < -0.4 is 10.5 Å². The first kappa shape index (κ1) is 12.5. The predicted octanol–water partition coefficient (Wildman–Crippen LogP) is 2.92. The minimum absolute atomic E-state index is 0.0774. The molecule has 0 amide bonds. The van der Waals surface area contributed by atoms with E-state index in [1.165, 1.54) is 13.2 Å². The summed E-state index contributed by atoms with van der Waals surface area (Å²) in [6, 6.07) is 1.40. The Bertz CT molecular complexity index is 445. The van der Waals surface area contributed by atoms with Gasteiger partial charge in [0.05, 0.1) is 12.1 Å². The molecule has 17 heavy (non-hydrogen) atoms. The van der Waals surface area contributed by atoms with E-state index in [0.29, 0.717) is 5.56 Å². The van der Waals surface area contributed by atoms with Crippen LogP contribution in [0, 0.1) is 5.82 Å². The van der Waals surface area contributed by atoms with Gasteiger partial charge in [-0.05, 0) is 18.9 Å². The molecule has 3 N–H and O–H groups in total. The molecule has 0 bridgehead atoms. The third kappa shape index (κ3) is 1.96. The van der Waals surface area contributed by atoms with Crippen molar-refractivity contribution < 1.29 is 14.2 Å². The number of benzene rings is 1. The molecule has 0 saturated heterocycles. The van der Waals surface area contributed by atoms with Gasteiger partial charge in [-0.2, -0.15) is 0 Å². The van der Waals surface area contributed by atoms with Crippen LogP contribution in [0.1, 0.15) is 31.2 Å². The molecule has 0 heterocycles. The van der Waals surface area contributed by atoms with Crippen LogP contribution in [-0.2, 0) is 5.54 Å². The van der Waals surface area contributed by atoms with Crippen molar-refractivity contribution >= 4 is 11.6 Å². The molecule has 2 rings (SSSR count). The van der Waals surface area contributed by atoms with Gasteiger partial charge in [0, 0.05) is 11.1 Å². The van der Waals surface area contributed by atoms with Crippen LogP contribution in [0.15, 0.2) is 6.07 Å². The van der Waals surface area contributed by atoms with E-state index in [0.717, 1.165) is 25.7 Å². The molecule has 3 nitrogen and oxygen atoms in total. The van der Waals surface area contributed by atoms with Crippen molar-refractivity contribution in [2.24, 2.45) is 5.73 Å². The summed E-state index contributed by atoms with van der Waals surface area (Å²) >= 11 is 5.79. The lowest BCUT2D eigenvalue weighted by Crippen LogP contribution is -2.33. The first-order chi connectivity index (χ1) is 7.99. The summed E-state index contributed by atoms with van der Waals surface area (Å²) in [5.41, 5.74) is 6.07. The number of rotatable bonds is 2. The smallest absolute Gasteiger partial charge is 0.198 e. The lowest BCUT2D eigenvalue weighted by molar-refractivity contribution is 0.337. The molecular weight excluding hydrogens is 245 g/mol. The minimum atomic E-state index is -0.753. The summed E-state index contributed by atoms with van der Waals surface area (Å²) in [7, 11) is 1.29. The molecular formula is C12H15ClFNO2.